The topological polar surface area (TPSA) is 115 Å². The zero-order valence-electron chi connectivity index (χ0n) is 18.1. The van der Waals surface area contributed by atoms with Crippen molar-refractivity contribution in [1.29, 1.82) is 0 Å². The predicted octanol–water partition coefficient (Wildman–Crippen LogP) is 3.07. The summed E-state index contributed by atoms with van der Waals surface area (Å²) in [5.74, 6) is 0.162. The molecule has 3 aromatic rings. The van der Waals surface area contributed by atoms with Crippen LogP contribution < -0.4 is 20.1 Å². The van der Waals surface area contributed by atoms with Gasteiger partial charge in [-0.15, -0.1) is 0 Å². The Kier molecular flexibility index (Phi) is 7.61. The second-order valence-corrected chi connectivity index (χ2v) is 6.92. The van der Waals surface area contributed by atoms with E-state index >= 15 is 0 Å². The highest BCUT2D eigenvalue weighted by molar-refractivity contribution is 5.93. The fourth-order valence-electron chi connectivity index (χ4n) is 3.01. The molecule has 0 fully saturated rings. The highest BCUT2D eigenvalue weighted by atomic mass is 19.1. The van der Waals surface area contributed by atoms with Gasteiger partial charge < -0.3 is 30.0 Å². The van der Waals surface area contributed by atoms with Gasteiger partial charge in [0, 0.05) is 37.3 Å². The first-order chi connectivity index (χ1) is 15.4. The Hall–Kier alpha value is -3.66. The summed E-state index contributed by atoms with van der Waals surface area (Å²) in [4.78, 5) is 20.4. The molecule has 1 amide bonds. The number of hydrogen-bond donors (Lipinski definition) is 3. The van der Waals surface area contributed by atoms with Crippen molar-refractivity contribution in [3.8, 4) is 17.2 Å². The number of phenols is 1. The first-order valence-electron chi connectivity index (χ1n) is 9.90. The lowest BCUT2D eigenvalue weighted by molar-refractivity contribution is -0.123. The van der Waals surface area contributed by atoms with Crippen LogP contribution in [-0.2, 0) is 9.53 Å². The van der Waals surface area contributed by atoms with E-state index in [1.54, 1.807) is 26.2 Å². The average Bonchev–Trinajstić information content (AvgIpc) is 2.80. The lowest BCUT2D eigenvalue weighted by atomic mass is 10.1. The van der Waals surface area contributed by atoms with Crippen LogP contribution in [0.2, 0.25) is 0 Å². The van der Waals surface area contributed by atoms with Crippen molar-refractivity contribution in [3.63, 3.8) is 0 Å². The van der Waals surface area contributed by atoms with Crippen molar-refractivity contribution in [2.24, 2.45) is 0 Å². The van der Waals surface area contributed by atoms with Gasteiger partial charge in [0.2, 0.25) is 0 Å². The minimum absolute atomic E-state index is 0.0407. The van der Waals surface area contributed by atoms with Crippen LogP contribution in [0.1, 0.15) is 12.0 Å². The monoisotopic (exact) mass is 444 g/mol. The third-order valence-electron chi connectivity index (χ3n) is 4.76. The van der Waals surface area contributed by atoms with Gasteiger partial charge in [-0.3, -0.25) is 4.79 Å². The highest BCUT2D eigenvalue weighted by Crippen LogP contribution is 2.36. The minimum atomic E-state index is -0.532. The van der Waals surface area contributed by atoms with Crippen LogP contribution in [0.15, 0.2) is 30.6 Å². The lowest BCUT2D eigenvalue weighted by Crippen LogP contribution is -2.30. The summed E-state index contributed by atoms with van der Waals surface area (Å²) in [6, 6.07) is 5.71. The molecule has 3 N–H and O–H groups in total. The Morgan fingerprint density at radius 1 is 1.19 bits per heavy atom. The molecule has 0 saturated carbocycles. The molecule has 0 bridgehead atoms. The van der Waals surface area contributed by atoms with Crippen molar-refractivity contribution < 1.29 is 28.5 Å². The van der Waals surface area contributed by atoms with Gasteiger partial charge >= 0.3 is 0 Å². The normalized spacial score (nSPS) is 10.8. The number of anilines is 2. The zero-order valence-corrected chi connectivity index (χ0v) is 18.1. The zero-order chi connectivity index (χ0) is 23.1. The summed E-state index contributed by atoms with van der Waals surface area (Å²) in [5.41, 5.74) is 0.951. The van der Waals surface area contributed by atoms with Gasteiger partial charge in [0.25, 0.3) is 5.91 Å². The average molecular weight is 444 g/mol. The molecule has 10 heteroatoms. The van der Waals surface area contributed by atoms with E-state index in [0.717, 1.165) is 0 Å². The van der Waals surface area contributed by atoms with Crippen molar-refractivity contribution in [2.75, 3.05) is 39.3 Å². The van der Waals surface area contributed by atoms with Crippen LogP contribution >= 0.6 is 0 Å². The maximum absolute atomic E-state index is 14.3. The number of phenolic OH excluding ortho intramolecular Hbond substituents is 1. The number of nitrogens with zero attached hydrogens (tertiary/aromatic N) is 2. The molecule has 1 heterocycles. The van der Waals surface area contributed by atoms with Gasteiger partial charge in [-0.25, -0.2) is 14.4 Å². The number of carbonyl (C=O) groups is 1. The maximum atomic E-state index is 14.3. The molecule has 0 spiro atoms. The minimum Gasteiger partial charge on any atom is -0.508 e. The molecule has 9 nitrogen and oxygen atoms in total. The van der Waals surface area contributed by atoms with E-state index in [2.05, 4.69) is 20.6 Å². The quantitative estimate of drug-likeness (QED) is 0.409. The molecule has 1 aromatic heterocycles. The molecule has 0 unspecified atom stereocenters. The Labute approximate surface area is 184 Å². The number of amides is 1. The van der Waals surface area contributed by atoms with Crippen LogP contribution in [0.25, 0.3) is 10.9 Å². The van der Waals surface area contributed by atoms with E-state index in [0.29, 0.717) is 53.4 Å². The fourth-order valence-corrected chi connectivity index (χ4v) is 3.01. The first kappa shape index (κ1) is 23.0. The molecule has 2 aromatic carbocycles. The van der Waals surface area contributed by atoms with Crippen LogP contribution in [0.5, 0.6) is 17.2 Å². The number of carbonyl (C=O) groups excluding carboxylic acids is 1. The second-order valence-electron chi connectivity index (χ2n) is 6.92. The number of ether oxygens (including phenoxy) is 3. The molecular formula is C22H25FN4O5. The number of rotatable bonds is 10. The SMILES string of the molecule is COCCCNC(=O)COc1cc2ncnc(Nc3c(F)ccc(O)c3C)c2cc1OC. The number of benzene rings is 2. The summed E-state index contributed by atoms with van der Waals surface area (Å²) in [7, 11) is 3.07. The Morgan fingerprint density at radius 2 is 2.00 bits per heavy atom. The number of aromatic nitrogens is 2. The number of fused-ring (bicyclic) bond motifs is 1. The van der Waals surface area contributed by atoms with E-state index in [9.17, 15) is 14.3 Å². The third kappa shape index (κ3) is 5.33. The standard InChI is InChI=1S/C22H25FN4O5/c1-13-17(28)6-5-15(23)21(13)27-22-14-9-18(31-3)19(10-16(14)25-12-26-22)32-11-20(29)24-7-4-8-30-2/h5-6,9-10,12,28H,4,7-8,11H2,1-3H3,(H,24,29)(H,25,26,27). The second kappa shape index (κ2) is 10.6. The number of nitrogens with one attached hydrogen (secondary N) is 2. The molecule has 0 aliphatic rings. The van der Waals surface area contributed by atoms with Crippen molar-refractivity contribution in [1.82, 2.24) is 15.3 Å². The van der Waals surface area contributed by atoms with Crippen LogP contribution in [0, 0.1) is 12.7 Å². The Bertz CT molecular complexity index is 1110. The number of aromatic hydroxyl groups is 1. The maximum Gasteiger partial charge on any atom is 0.257 e. The predicted molar refractivity (Wildman–Crippen MR) is 117 cm³/mol. The number of halogens is 1. The van der Waals surface area contributed by atoms with Crippen LogP contribution in [0.3, 0.4) is 0 Å². The van der Waals surface area contributed by atoms with E-state index in [4.69, 9.17) is 14.2 Å². The highest BCUT2D eigenvalue weighted by Gasteiger charge is 2.16. The third-order valence-corrected chi connectivity index (χ3v) is 4.76. The van der Waals surface area contributed by atoms with Gasteiger partial charge in [-0.1, -0.05) is 0 Å². The van der Waals surface area contributed by atoms with E-state index in [-0.39, 0.29) is 24.0 Å². The summed E-state index contributed by atoms with van der Waals surface area (Å²) in [5, 5.41) is 16.1. The molecular weight excluding hydrogens is 419 g/mol. The molecule has 3 rings (SSSR count). The van der Waals surface area contributed by atoms with E-state index < -0.39 is 5.82 Å². The summed E-state index contributed by atoms with van der Waals surface area (Å²) < 4.78 is 30.3. The van der Waals surface area contributed by atoms with E-state index in [1.807, 2.05) is 0 Å². The largest absolute Gasteiger partial charge is 0.508 e. The van der Waals surface area contributed by atoms with Crippen LogP contribution in [-0.4, -0.2) is 55.0 Å². The van der Waals surface area contributed by atoms with Gasteiger partial charge in [-0.05, 0) is 31.5 Å². The van der Waals surface area contributed by atoms with Crippen molar-refractivity contribution in [3.05, 3.63) is 42.0 Å². The number of methoxy groups -OCH3 is 2. The van der Waals surface area contributed by atoms with Gasteiger partial charge in [-0.2, -0.15) is 0 Å². The van der Waals surface area contributed by atoms with E-state index in [1.165, 1.54) is 25.6 Å². The Balaban J connectivity index is 1.83. The number of hydrogen-bond acceptors (Lipinski definition) is 8. The summed E-state index contributed by atoms with van der Waals surface area (Å²) in [6.45, 7) is 2.44. The Morgan fingerprint density at radius 3 is 2.75 bits per heavy atom. The first-order valence-corrected chi connectivity index (χ1v) is 9.90. The summed E-state index contributed by atoms with van der Waals surface area (Å²) >= 11 is 0. The molecule has 0 saturated heterocycles. The lowest BCUT2D eigenvalue weighted by Gasteiger charge is -2.15. The molecule has 0 atom stereocenters. The summed E-state index contributed by atoms with van der Waals surface area (Å²) in [6.07, 6.45) is 2.02. The van der Waals surface area contributed by atoms with Crippen molar-refractivity contribution >= 4 is 28.3 Å². The van der Waals surface area contributed by atoms with Gasteiger partial charge in [0.15, 0.2) is 18.1 Å². The smallest absolute Gasteiger partial charge is 0.257 e. The molecule has 0 radical (unpaired) electrons. The van der Waals surface area contributed by atoms with Crippen molar-refractivity contribution in [2.45, 2.75) is 13.3 Å². The molecule has 32 heavy (non-hydrogen) atoms. The van der Waals surface area contributed by atoms with Crippen LogP contribution in [0.4, 0.5) is 15.9 Å². The van der Waals surface area contributed by atoms with Gasteiger partial charge in [0.1, 0.15) is 23.7 Å². The molecule has 0 aliphatic carbocycles. The fraction of sp³-hybridized carbons (Fsp3) is 0.318. The van der Waals surface area contributed by atoms with Gasteiger partial charge in [0.05, 0.1) is 18.3 Å². The molecule has 0 aliphatic heterocycles. The molecule has 170 valence electrons.